The van der Waals surface area contributed by atoms with E-state index in [0.717, 1.165) is 0 Å². The number of nitrogens with zero attached hydrogens (tertiary/aromatic N) is 2. The number of amides is 1. The molecule has 0 aromatic carbocycles. The second-order valence-corrected chi connectivity index (χ2v) is 4.84. The number of methoxy groups -OCH3 is 1. The first-order valence-electron chi connectivity index (χ1n) is 7.25. The van der Waals surface area contributed by atoms with Gasteiger partial charge in [0.25, 0.3) is 5.91 Å². The molecule has 0 saturated carbocycles. The van der Waals surface area contributed by atoms with E-state index < -0.39 is 0 Å². The Hall–Kier alpha value is -2.83. The first-order valence-corrected chi connectivity index (χ1v) is 7.25. The Labute approximate surface area is 134 Å². The van der Waals surface area contributed by atoms with Crippen LogP contribution in [-0.2, 0) is 0 Å². The van der Waals surface area contributed by atoms with Gasteiger partial charge in [0.2, 0.25) is 11.8 Å². The summed E-state index contributed by atoms with van der Waals surface area (Å²) in [6.45, 7) is 4.14. The van der Waals surface area contributed by atoms with Crippen LogP contribution in [0.25, 0.3) is 0 Å². The quantitative estimate of drug-likeness (QED) is 0.845. The average Bonchev–Trinajstić information content (AvgIpc) is 2.56. The van der Waals surface area contributed by atoms with Gasteiger partial charge in [-0.3, -0.25) is 4.79 Å². The van der Waals surface area contributed by atoms with Crippen molar-refractivity contribution in [2.75, 3.05) is 19.5 Å². The summed E-state index contributed by atoms with van der Waals surface area (Å²) in [5.41, 5.74) is 7.13. The topological polar surface area (TPSA) is 99.4 Å². The van der Waals surface area contributed by atoms with Crippen LogP contribution < -0.4 is 20.5 Å². The Morgan fingerprint density at radius 3 is 2.87 bits per heavy atom. The second-order valence-electron chi connectivity index (χ2n) is 4.84. The summed E-state index contributed by atoms with van der Waals surface area (Å²) < 4.78 is 10.4. The number of nitrogens with one attached hydrogen (secondary N) is 1. The van der Waals surface area contributed by atoms with Crippen molar-refractivity contribution in [1.29, 1.82) is 0 Å². The Morgan fingerprint density at radius 1 is 1.39 bits per heavy atom. The lowest BCUT2D eigenvalue weighted by Gasteiger charge is -2.15. The summed E-state index contributed by atoms with van der Waals surface area (Å²) in [5.74, 6) is 0.535. The number of nitrogens with two attached hydrogens (primary N) is 1. The van der Waals surface area contributed by atoms with Crippen LogP contribution in [0.4, 0.5) is 5.69 Å². The molecule has 7 heteroatoms. The summed E-state index contributed by atoms with van der Waals surface area (Å²) in [4.78, 5) is 20.7. The zero-order chi connectivity index (χ0) is 16.8. The van der Waals surface area contributed by atoms with Crippen molar-refractivity contribution in [2.45, 2.75) is 19.9 Å². The van der Waals surface area contributed by atoms with Crippen molar-refractivity contribution in [3.05, 3.63) is 41.7 Å². The summed E-state index contributed by atoms with van der Waals surface area (Å²) in [5, 5.41) is 2.85. The fraction of sp³-hybridized carbons (Fsp3) is 0.312. The van der Waals surface area contributed by atoms with Gasteiger partial charge in [0.05, 0.1) is 42.9 Å². The maximum absolute atomic E-state index is 12.4. The van der Waals surface area contributed by atoms with Gasteiger partial charge in [0.1, 0.15) is 0 Å². The molecule has 0 fully saturated rings. The third kappa shape index (κ3) is 4.09. The second kappa shape index (κ2) is 7.44. The molecule has 122 valence electrons. The van der Waals surface area contributed by atoms with Gasteiger partial charge < -0.3 is 20.5 Å². The monoisotopic (exact) mass is 316 g/mol. The molecule has 7 nitrogen and oxygen atoms in total. The van der Waals surface area contributed by atoms with Crippen LogP contribution in [0.2, 0.25) is 0 Å². The summed E-state index contributed by atoms with van der Waals surface area (Å²) in [7, 11) is 1.54. The molecule has 2 aromatic heterocycles. The van der Waals surface area contributed by atoms with Crippen LogP contribution in [0.3, 0.4) is 0 Å². The van der Waals surface area contributed by atoms with Gasteiger partial charge in [-0.05, 0) is 19.9 Å². The Kier molecular flexibility index (Phi) is 5.35. The third-order valence-corrected chi connectivity index (χ3v) is 3.19. The van der Waals surface area contributed by atoms with Gasteiger partial charge in [-0.2, -0.15) is 0 Å². The standard InChI is InChI=1S/C16H20N4O3/c1-4-23-15-8-11(12(17)9-18-15)16(21)19-10(2)13-6-5-7-14(20-13)22-3/h5-10H,4,17H2,1-3H3,(H,19,21). The molecule has 1 amide bonds. The summed E-state index contributed by atoms with van der Waals surface area (Å²) >= 11 is 0. The summed E-state index contributed by atoms with van der Waals surface area (Å²) in [6, 6.07) is 6.60. The van der Waals surface area contributed by atoms with E-state index in [-0.39, 0.29) is 17.6 Å². The molecular weight excluding hydrogens is 296 g/mol. The Balaban J connectivity index is 2.16. The zero-order valence-corrected chi connectivity index (χ0v) is 13.4. The molecule has 0 radical (unpaired) electrons. The van der Waals surface area contributed by atoms with Crippen LogP contribution >= 0.6 is 0 Å². The molecule has 0 spiro atoms. The third-order valence-electron chi connectivity index (χ3n) is 3.19. The van der Waals surface area contributed by atoms with Crippen molar-refractivity contribution in [1.82, 2.24) is 15.3 Å². The van der Waals surface area contributed by atoms with Crippen molar-refractivity contribution in [2.24, 2.45) is 0 Å². The van der Waals surface area contributed by atoms with Gasteiger partial charge in [0.15, 0.2) is 0 Å². The highest BCUT2D eigenvalue weighted by Crippen LogP contribution is 2.19. The lowest BCUT2D eigenvalue weighted by atomic mass is 10.1. The molecule has 2 aromatic rings. The number of aromatic nitrogens is 2. The molecular formula is C16H20N4O3. The normalized spacial score (nSPS) is 11.6. The molecule has 3 N–H and O–H groups in total. The summed E-state index contributed by atoms with van der Waals surface area (Å²) in [6.07, 6.45) is 1.41. The van der Waals surface area contributed by atoms with Crippen molar-refractivity contribution in [3.8, 4) is 11.8 Å². The molecule has 1 unspecified atom stereocenters. The van der Waals surface area contributed by atoms with E-state index >= 15 is 0 Å². The smallest absolute Gasteiger partial charge is 0.254 e. The predicted molar refractivity (Wildman–Crippen MR) is 86.5 cm³/mol. The maximum atomic E-state index is 12.4. The van der Waals surface area contributed by atoms with Crippen LogP contribution in [0.5, 0.6) is 11.8 Å². The first kappa shape index (κ1) is 16.5. The molecule has 0 aliphatic carbocycles. The number of hydrogen-bond acceptors (Lipinski definition) is 6. The number of carbonyl (C=O) groups is 1. The number of anilines is 1. The van der Waals surface area contributed by atoms with E-state index in [2.05, 4.69) is 15.3 Å². The minimum atomic E-state index is -0.317. The number of rotatable bonds is 6. The van der Waals surface area contributed by atoms with E-state index in [0.29, 0.717) is 29.6 Å². The lowest BCUT2D eigenvalue weighted by Crippen LogP contribution is -2.28. The molecule has 0 aliphatic heterocycles. The minimum Gasteiger partial charge on any atom is -0.481 e. The highest BCUT2D eigenvalue weighted by atomic mass is 16.5. The van der Waals surface area contributed by atoms with Crippen LogP contribution in [-0.4, -0.2) is 29.6 Å². The van der Waals surface area contributed by atoms with E-state index in [1.54, 1.807) is 13.2 Å². The predicted octanol–water partition coefficient (Wildman–Crippen LogP) is 1.96. The van der Waals surface area contributed by atoms with Crippen LogP contribution in [0, 0.1) is 0 Å². The number of nitrogen functional groups attached to an aromatic ring is 1. The molecule has 2 rings (SSSR count). The fourth-order valence-corrected chi connectivity index (χ4v) is 2.00. The van der Waals surface area contributed by atoms with Crippen molar-refractivity contribution >= 4 is 11.6 Å². The molecule has 0 aliphatic rings. The maximum Gasteiger partial charge on any atom is 0.254 e. The Morgan fingerprint density at radius 2 is 2.17 bits per heavy atom. The van der Waals surface area contributed by atoms with Crippen molar-refractivity contribution in [3.63, 3.8) is 0 Å². The highest BCUT2D eigenvalue weighted by molar-refractivity contribution is 5.99. The van der Waals surface area contributed by atoms with Gasteiger partial charge in [-0.15, -0.1) is 0 Å². The number of ether oxygens (including phenoxy) is 2. The van der Waals surface area contributed by atoms with Crippen molar-refractivity contribution < 1.29 is 14.3 Å². The molecule has 2 heterocycles. The zero-order valence-electron chi connectivity index (χ0n) is 13.4. The van der Waals surface area contributed by atoms with E-state index in [1.807, 2.05) is 26.0 Å². The van der Waals surface area contributed by atoms with Crippen LogP contribution in [0.1, 0.15) is 35.9 Å². The fourth-order valence-electron chi connectivity index (χ4n) is 2.00. The van der Waals surface area contributed by atoms with Gasteiger partial charge in [-0.25, -0.2) is 9.97 Å². The molecule has 23 heavy (non-hydrogen) atoms. The minimum absolute atomic E-state index is 0.289. The average molecular weight is 316 g/mol. The van der Waals surface area contributed by atoms with Crippen LogP contribution in [0.15, 0.2) is 30.5 Å². The lowest BCUT2D eigenvalue weighted by molar-refractivity contribution is 0.0939. The SMILES string of the molecule is CCOc1cc(C(=O)NC(C)c2cccc(OC)n2)c(N)cn1. The van der Waals surface area contributed by atoms with E-state index in [4.69, 9.17) is 15.2 Å². The van der Waals surface area contributed by atoms with Gasteiger partial charge in [0, 0.05) is 12.1 Å². The highest BCUT2D eigenvalue weighted by Gasteiger charge is 2.16. The van der Waals surface area contributed by atoms with Gasteiger partial charge >= 0.3 is 0 Å². The molecule has 1 atom stereocenters. The first-order chi connectivity index (χ1) is 11.0. The largest absolute Gasteiger partial charge is 0.481 e. The van der Waals surface area contributed by atoms with Gasteiger partial charge in [-0.1, -0.05) is 6.07 Å². The number of pyridine rings is 2. The molecule has 0 saturated heterocycles. The number of carbonyl (C=O) groups excluding carboxylic acids is 1. The van der Waals surface area contributed by atoms with E-state index in [9.17, 15) is 4.79 Å². The molecule has 0 bridgehead atoms. The number of hydrogen-bond donors (Lipinski definition) is 2. The Bertz CT molecular complexity index is 691. The van der Waals surface area contributed by atoms with E-state index in [1.165, 1.54) is 12.3 Å².